The summed E-state index contributed by atoms with van der Waals surface area (Å²) in [6, 6.07) is 0.264. The van der Waals surface area contributed by atoms with E-state index in [4.69, 9.17) is 10.5 Å². The zero-order valence-corrected chi connectivity index (χ0v) is 10.2. The van der Waals surface area contributed by atoms with Crippen molar-refractivity contribution in [1.82, 2.24) is 4.90 Å². The Kier molecular flexibility index (Phi) is 3.85. The average molecular weight is 228 g/mol. The van der Waals surface area contributed by atoms with Crippen molar-refractivity contribution in [2.45, 2.75) is 37.8 Å². The van der Waals surface area contributed by atoms with E-state index >= 15 is 0 Å². The van der Waals surface area contributed by atoms with Crippen molar-refractivity contribution in [3.63, 3.8) is 0 Å². The number of hydrogen-bond donors (Lipinski definition) is 2. The first-order valence-corrected chi connectivity index (χ1v) is 6.35. The van der Waals surface area contributed by atoms with Crippen LogP contribution in [0, 0.1) is 5.92 Å². The third-order valence-electron chi connectivity index (χ3n) is 3.78. The van der Waals surface area contributed by atoms with Crippen LogP contribution in [0.4, 0.5) is 0 Å². The fourth-order valence-electron chi connectivity index (χ4n) is 2.81. The van der Waals surface area contributed by atoms with Gasteiger partial charge in [0.1, 0.15) is 0 Å². The maximum atomic E-state index is 10.0. The molecule has 4 nitrogen and oxygen atoms in total. The lowest BCUT2D eigenvalue weighted by Crippen LogP contribution is -2.51. The minimum absolute atomic E-state index is 0.264. The standard InChI is InChI=1S/C12H24N2O2/c1-12(15)4-2-5-14(9-12)7-10-8-16-6-3-11(10)13/h10-11,15H,2-9,13H2,1H3. The van der Waals surface area contributed by atoms with Crippen molar-refractivity contribution in [1.29, 1.82) is 0 Å². The molecular weight excluding hydrogens is 204 g/mol. The second-order valence-electron chi connectivity index (χ2n) is 5.62. The second-order valence-corrected chi connectivity index (χ2v) is 5.62. The third kappa shape index (κ3) is 3.17. The van der Waals surface area contributed by atoms with Gasteiger partial charge in [0, 0.05) is 31.7 Å². The molecule has 0 spiro atoms. The number of rotatable bonds is 2. The molecule has 0 radical (unpaired) electrons. The van der Waals surface area contributed by atoms with Crippen molar-refractivity contribution in [3.8, 4) is 0 Å². The Morgan fingerprint density at radius 3 is 3.06 bits per heavy atom. The molecule has 3 unspecified atom stereocenters. The van der Waals surface area contributed by atoms with E-state index in [2.05, 4.69) is 4.90 Å². The van der Waals surface area contributed by atoms with Gasteiger partial charge in [-0.15, -0.1) is 0 Å². The smallest absolute Gasteiger partial charge is 0.0746 e. The molecule has 2 saturated heterocycles. The van der Waals surface area contributed by atoms with Gasteiger partial charge in [0.2, 0.25) is 0 Å². The summed E-state index contributed by atoms with van der Waals surface area (Å²) in [5.74, 6) is 0.433. The van der Waals surface area contributed by atoms with Crippen molar-refractivity contribution in [2.24, 2.45) is 11.7 Å². The van der Waals surface area contributed by atoms with Crippen LogP contribution in [0.5, 0.6) is 0 Å². The molecule has 0 aromatic carbocycles. The van der Waals surface area contributed by atoms with Crippen LogP contribution in [-0.4, -0.2) is 54.5 Å². The average Bonchev–Trinajstić information content (AvgIpc) is 2.20. The molecule has 0 amide bonds. The van der Waals surface area contributed by atoms with Crippen LogP contribution in [0.15, 0.2) is 0 Å². The van der Waals surface area contributed by atoms with E-state index in [1.54, 1.807) is 0 Å². The summed E-state index contributed by atoms with van der Waals surface area (Å²) in [4.78, 5) is 2.34. The van der Waals surface area contributed by atoms with E-state index < -0.39 is 5.60 Å². The van der Waals surface area contributed by atoms with Gasteiger partial charge >= 0.3 is 0 Å². The fourth-order valence-corrected chi connectivity index (χ4v) is 2.81. The molecule has 2 aliphatic rings. The molecule has 0 aromatic rings. The van der Waals surface area contributed by atoms with E-state index in [9.17, 15) is 5.11 Å². The van der Waals surface area contributed by atoms with Gasteiger partial charge in [-0.3, -0.25) is 0 Å². The minimum Gasteiger partial charge on any atom is -0.389 e. The summed E-state index contributed by atoms with van der Waals surface area (Å²) >= 11 is 0. The fraction of sp³-hybridized carbons (Fsp3) is 1.00. The molecule has 3 N–H and O–H groups in total. The second kappa shape index (κ2) is 5.00. The molecule has 0 bridgehead atoms. The molecular formula is C12H24N2O2. The molecule has 0 aromatic heterocycles. The highest BCUT2D eigenvalue weighted by Gasteiger charge is 2.31. The highest BCUT2D eigenvalue weighted by Crippen LogP contribution is 2.22. The summed E-state index contributed by atoms with van der Waals surface area (Å²) < 4.78 is 5.48. The monoisotopic (exact) mass is 228 g/mol. The predicted octanol–water partition coefficient (Wildman–Crippen LogP) is 0.197. The Bertz CT molecular complexity index is 233. The number of aliphatic hydroxyl groups is 1. The number of likely N-dealkylation sites (tertiary alicyclic amines) is 1. The topological polar surface area (TPSA) is 58.7 Å². The third-order valence-corrected chi connectivity index (χ3v) is 3.78. The number of piperidine rings is 1. The highest BCUT2D eigenvalue weighted by atomic mass is 16.5. The summed E-state index contributed by atoms with van der Waals surface area (Å²) in [6.45, 7) is 6.33. The number of β-amino-alcohol motifs (C(OH)–C–C–N with tert-alkyl or cyclic N) is 1. The van der Waals surface area contributed by atoms with Gasteiger partial charge in [-0.05, 0) is 32.7 Å². The Morgan fingerprint density at radius 2 is 2.38 bits per heavy atom. The first kappa shape index (κ1) is 12.3. The van der Waals surface area contributed by atoms with E-state index in [0.717, 1.165) is 52.1 Å². The van der Waals surface area contributed by atoms with Crippen LogP contribution < -0.4 is 5.73 Å². The van der Waals surface area contributed by atoms with Gasteiger partial charge in [-0.25, -0.2) is 0 Å². The molecule has 16 heavy (non-hydrogen) atoms. The zero-order chi connectivity index (χ0) is 11.6. The van der Waals surface area contributed by atoms with Crippen LogP contribution in [0.3, 0.4) is 0 Å². The first-order valence-electron chi connectivity index (χ1n) is 6.35. The zero-order valence-electron chi connectivity index (χ0n) is 10.2. The Morgan fingerprint density at radius 1 is 1.56 bits per heavy atom. The van der Waals surface area contributed by atoms with Crippen LogP contribution in [0.2, 0.25) is 0 Å². The lowest BCUT2D eigenvalue weighted by molar-refractivity contribution is -0.0345. The Labute approximate surface area is 97.7 Å². The molecule has 0 aliphatic carbocycles. The first-order chi connectivity index (χ1) is 7.57. The molecule has 3 atom stereocenters. The van der Waals surface area contributed by atoms with Gasteiger partial charge in [-0.1, -0.05) is 0 Å². The van der Waals surface area contributed by atoms with Crippen LogP contribution in [0.25, 0.3) is 0 Å². The molecule has 0 saturated carbocycles. The number of nitrogens with zero attached hydrogens (tertiary/aromatic N) is 1. The van der Waals surface area contributed by atoms with E-state index in [0.29, 0.717) is 5.92 Å². The summed E-state index contributed by atoms with van der Waals surface area (Å²) in [7, 11) is 0. The molecule has 2 aliphatic heterocycles. The quantitative estimate of drug-likeness (QED) is 0.709. The van der Waals surface area contributed by atoms with Gasteiger partial charge < -0.3 is 20.5 Å². The largest absolute Gasteiger partial charge is 0.389 e. The van der Waals surface area contributed by atoms with Gasteiger partial charge in [0.15, 0.2) is 0 Å². The van der Waals surface area contributed by atoms with Crippen LogP contribution in [0.1, 0.15) is 26.2 Å². The molecule has 2 fully saturated rings. The summed E-state index contributed by atoms with van der Waals surface area (Å²) in [5.41, 5.74) is 5.58. The van der Waals surface area contributed by atoms with Crippen molar-refractivity contribution in [2.75, 3.05) is 32.8 Å². The molecule has 94 valence electrons. The Balaban J connectivity index is 1.84. The molecule has 2 rings (SSSR count). The summed E-state index contributed by atoms with van der Waals surface area (Å²) in [5, 5.41) is 10.0. The van der Waals surface area contributed by atoms with Crippen molar-refractivity contribution in [3.05, 3.63) is 0 Å². The van der Waals surface area contributed by atoms with Gasteiger partial charge in [0.25, 0.3) is 0 Å². The lowest BCUT2D eigenvalue weighted by atomic mass is 9.91. The minimum atomic E-state index is -0.516. The molecule has 4 heteroatoms. The number of hydrogen-bond acceptors (Lipinski definition) is 4. The SMILES string of the molecule is CC1(O)CCCN(CC2COCCC2N)C1. The summed E-state index contributed by atoms with van der Waals surface area (Å²) in [6.07, 6.45) is 2.96. The highest BCUT2D eigenvalue weighted by molar-refractivity contribution is 4.86. The van der Waals surface area contributed by atoms with E-state index in [1.165, 1.54) is 0 Å². The van der Waals surface area contributed by atoms with Gasteiger partial charge in [-0.2, -0.15) is 0 Å². The lowest BCUT2D eigenvalue weighted by Gasteiger charge is -2.40. The van der Waals surface area contributed by atoms with Crippen molar-refractivity contribution < 1.29 is 9.84 Å². The number of nitrogens with two attached hydrogens (primary N) is 1. The predicted molar refractivity (Wildman–Crippen MR) is 63.2 cm³/mol. The van der Waals surface area contributed by atoms with Gasteiger partial charge in [0.05, 0.1) is 12.2 Å². The van der Waals surface area contributed by atoms with Crippen LogP contribution >= 0.6 is 0 Å². The maximum Gasteiger partial charge on any atom is 0.0746 e. The van der Waals surface area contributed by atoms with E-state index in [-0.39, 0.29) is 6.04 Å². The molecule has 2 heterocycles. The maximum absolute atomic E-state index is 10.0. The Hall–Kier alpha value is -0.160. The normalized spacial score (nSPS) is 42.2. The van der Waals surface area contributed by atoms with Crippen molar-refractivity contribution >= 4 is 0 Å². The van der Waals surface area contributed by atoms with E-state index in [1.807, 2.05) is 6.92 Å². The number of ether oxygens (including phenoxy) is 1. The van der Waals surface area contributed by atoms with Crippen LogP contribution in [-0.2, 0) is 4.74 Å².